The molecule has 1 saturated heterocycles. The standard InChI is InChI=1S/C11H19N4/c1-10(2)15-7-4-3-5-11(15)9-14-8-6-12-13-14/h3,6,8,10-11H,4-5,7,9H2,1-2H3. The molecule has 1 unspecified atom stereocenters. The molecule has 0 aliphatic carbocycles. The van der Waals surface area contributed by atoms with Gasteiger partial charge in [0.05, 0.1) is 12.7 Å². The second-order valence-corrected chi connectivity index (χ2v) is 4.42. The van der Waals surface area contributed by atoms with Crippen LogP contribution in [0.2, 0.25) is 0 Å². The molecule has 1 aliphatic heterocycles. The topological polar surface area (TPSA) is 34.0 Å². The number of piperidine rings is 1. The van der Waals surface area contributed by atoms with Crippen molar-refractivity contribution in [3.05, 3.63) is 18.8 Å². The van der Waals surface area contributed by atoms with E-state index in [0.717, 1.165) is 13.0 Å². The maximum Gasteiger partial charge on any atom is 0.0692 e. The van der Waals surface area contributed by atoms with E-state index in [1.807, 2.05) is 10.9 Å². The molecule has 4 nitrogen and oxygen atoms in total. The van der Waals surface area contributed by atoms with Crippen molar-refractivity contribution in [2.24, 2.45) is 0 Å². The molecule has 0 aromatic carbocycles. The predicted octanol–water partition coefficient (Wildman–Crippen LogP) is 1.36. The lowest BCUT2D eigenvalue weighted by molar-refractivity contribution is 0.114. The van der Waals surface area contributed by atoms with E-state index in [1.165, 1.54) is 13.0 Å². The smallest absolute Gasteiger partial charge is 0.0692 e. The summed E-state index contributed by atoms with van der Waals surface area (Å²) in [6.45, 7) is 6.66. The molecule has 0 saturated carbocycles. The van der Waals surface area contributed by atoms with Crippen molar-refractivity contribution in [2.45, 2.75) is 45.3 Å². The van der Waals surface area contributed by atoms with Crippen LogP contribution < -0.4 is 0 Å². The summed E-state index contributed by atoms with van der Waals surface area (Å²) in [5.41, 5.74) is 0. The van der Waals surface area contributed by atoms with Gasteiger partial charge in [0, 0.05) is 18.3 Å². The van der Waals surface area contributed by atoms with Gasteiger partial charge in [0.25, 0.3) is 0 Å². The molecule has 4 heteroatoms. The van der Waals surface area contributed by atoms with Gasteiger partial charge in [-0.05, 0) is 39.7 Å². The van der Waals surface area contributed by atoms with Gasteiger partial charge in [-0.3, -0.25) is 9.58 Å². The van der Waals surface area contributed by atoms with Gasteiger partial charge in [0.15, 0.2) is 0 Å². The van der Waals surface area contributed by atoms with Gasteiger partial charge in [0.1, 0.15) is 0 Å². The highest BCUT2D eigenvalue weighted by Gasteiger charge is 2.24. The zero-order chi connectivity index (χ0) is 10.7. The Bertz CT molecular complexity index is 281. The highest BCUT2D eigenvalue weighted by Crippen LogP contribution is 2.19. The summed E-state index contributed by atoms with van der Waals surface area (Å²) in [6, 6.07) is 1.20. The van der Waals surface area contributed by atoms with Crippen LogP contribution in [0.4, 0.5) is 0 Å². The minimum Gasteiger partial charge on any atom is -0.296 e. The molecule has 0 N–H and O–H groups in total. The molecular weight excluding hydrogens is 188 g/mol. The van der Waals surface area contributed by atoms with Crippen LogP contribution in [0, 0.1) is 6.42 Å². The Labute approximate surface area is 91.3 Å². The Morgan fingerprint density at radius 3 is 3.00 bits per heavy atom. The van der Waals surface area contributed by atoms with Crippen LogP contribution >= 0.6 is 0 Å². The fraction of sp³-hybridized carbons (Fsp3) is 0.727. The summed E-state index contributed by atoms with van der Waals surface area (Å²) < 4.78 is 1.93. The monoisotopic (exact) mass is 207 g/mol. The second kappa shape index (κ2) is 4.75. The van der Waals surface area contributed by atoms with Crippen molar-refractivity contribution >= 4 is 0 Å². The molecule has 1 aliphatic rings. The summed E-state index contributed by atoms with van der Waals surface area (Å²) in [4.78, 5) is 2.56. The summed E-state index contributed by atoms with van der Waals surface area (Å²) in [6.07, 6.45) is 8.45. The molecule has 2 heterocycles. The van der Waals surface area contributed by atoms with Crippen molar-refractivity contribution in [3.8, 4) is 0 Å². The summed E-state index contributed by atoms with van der Waals surface area (Å²) in [5, 5.41) is 7.87. The van der Waals surface area contributed by atoms with E-state index in [2.05, 4.69) is 35.5 Å². The largest absolute Gasteiger partial charge is 0.296 e. The summed E-state index contributed by atoms with van der Waals surface area (Å²) >= 11 is 0. The number of nitrogens with zero attached hydrogens (tertiary/aromatic N) is 4. The third-order valence-electron chi connectivity index (χ3n) is 3.03. The van der Waals surface area contributed by atoms with E-state index >= 15 is 0 Å². The molecule has 0 spiro atoms. The molecule has 1 aromatic heterocycles. The van der Waals surface area contributed by atoms with Gasteiger partial charge in [-0.25, -0.2) is 0 Å². The zero-order valence-corrected chi connectivity index (χ0v) is 9.50. The average Bonchev–Trinajstić information content (AvgIpc) is 2.71. The molecule has 1 aromatic rings. The zero-order valence-electron chi connectivity index (χ0n) is 9.50. The van der Waals surface area contributed by atoms with Crippen molar-refractivity contribution < 1.29 is 0 Å². The van der Waals surface area contributed by atoms with Gasteiger partial charge in [-0.2, -0.15) is 0 Å². The maximum absolute atomic E-state index is 4.03. The second-order valence-electron chi connectivity index (χ2n) is 4.42. The molecule has 1 radical (unpaired) electrons. The summed E-state index contributed by atoms with van der Waals surface area (Å²) in [7, 11) is 0. The molecule has 15 heavy (non-hydrogen) atoms. The van der Waals surface area contributed by atoms with Crippen molar-refractivity contribution in [3.63, 3.8) is 0 Å². The lowest BCUT2D eigenvalue weighted by Crippen LogP contribution is -2.46. The van der Waals surface area contributed by atoms with Crippen LogP contribution in [0.15, 0.2) is 12.4 Å². The van der Waals surface area contributed by atoms with Crippen LogP contribution in [0.25, 0.3) is 0 Å². The SMILES string of the molecule is CC(C)N1CC[CH]CC1Cn1ccnn1. The lowest BCUT2D eigenvalue weighted by atomic mass is 10.0. The number of rotatable bonds is 3. The minimum atomic E-state index is 0.584. The Kier molecular flexibility index (Phi) is 3.36. The first-order valence-corrected chi connectivity index (χ1v) is 5.69. The third-order valence-corrected chi connectivity index (χ3v) is 3.03. The van der Waals surface area contributed by atoms with Gasteiger partial charge in [-0.15, -0.1) is 5.10 Å². The molecule has 0 amide bonds. The summed E-state index contributed by atoms with van der Waals surface area (Å²) in [5.74, 6) is 0. The van der Waals surface area contributed by atoms with E-state index in [9.17, 15) is 0 Å². The predicted molar refractivity (Wildman–Crippen MR) is 59.2 cm³/mol. The van der Waals surface area contributed by atoms with Crippen molar-refractivity contribution in [1.29, 1.82) is 0 Å². The first-order chi connectivity index (χ1) is 7.27. The van der Waals surface area contributed by atoms with E-state index in [-0.39, 0.29) is 0 Å². The molecule has 1 atom stereocenters. The van der Waals surface area contributed by atoms with Crippen molar-refractivity contribution in [2.75, 3.05) is 6.54 Å². The fourth-order valence-corrected chi connectivity index (χ4v) is 2.27. The highest BCUT2D eigenvalue weighted by molar-refractivity contribution is 4.87. The average molecular weight is 207 g/mol. The van der Waals surface area contributed by atoms with Gasteiger partial charge >= 0.3 is 0 Å². The van der Waals surface area contributed by atoms with E-state index in [1.54, 1.807) is 6.20 Å². The normalized spacial score (nSPS) is 23.5. The quantitative estimate of drug-likeness (QED) is 0.750. The number of aromatic nitrogens is 3. The minimum absolute atomic E-state index is 0.584. The van der Waals surface area contributed by atoms with E-state index < -0.39 is 0 Å². The third kappa shape index (κ3) is 2.56. The molecule has 1 fully saturated rings. The van der Waals surface area contributed by atoms with Crippen LogP contribution in [0.1, 0.15) is 26.7 Å². The van der Waals surface area contributed by atoms with Crippen LogP contribution in [0.3, 0.4) is 0 Å². The highest BCUT2D eigenvalue weighted by atomic mass is 15.4. The first kappa shape index (κ1) is 10.6. The van der Waals surface area contributed by atoms with Crippen molar-refractivity contribution in [1.82, 2.24) is 19.9 Å². The van der Waals surface area contributed by atoms with Gasteiger partial charge in [0.2, 0.25) is 0 Å². The Balaban J connectivity index is 1.99. The molecular formula is C11H19N4. The number of hydrogen-bond donors (Lipinski definition) is 0. The number of hydrogen-bond acceptors (Lipinski definition) is 3. The molecule has 2 rings (SSSR count). The molecule has 83 valence electrons. The Morgan fingerprint density at radius 1 is 1.47 bits per heavy atom. The van der Waals surface area contributed by atoms with Crippen LogP contribution in [-0.2, 0) is 6.54 Å². The Morgan fingerprint density at radius 2 is 2.33 bits per heavy atom. The van der Waals surface area contributed by atoms with Gasteiger partial charge in [-0.1, -0.05) is 5.21 Å². The van der Waals surface area contributed by atoms with Gasteiger partial charge < -0.3 is 0 Å². The van der Waals surface area contributed by atoms with Crippen LogP contribution in [0.5, 0.6) is 0 Å². The fourth-order valence-electron chi connectivity index (χ4n) is 2.27. The maximum atomic E-state index is 4.03. The Hall–Kier alpha value is -0.900. The first-order valence-electron chi connectivity index (χ1n) is 5.69. The van der Waals surface area contributed by atoms with E-state index in [4.69, 9.17) is 0 Å². The lowest BCUT2D eigenvalue weighted by Gasteiger charge is -2.38. The molecule has 0 bridgehead atoms. The van der Waals surface area contributed by atoms with Crippen LogP contribution in [-0.4, -0.2) is 38.5 Å². The number of likely N-dealkylation sites (tertiary alicyclic amines) is 1. The van der Waals surface area contributed by atoms with E-state index in [0.29, 0.717) is 12.1 Å².